The number of urea groups is 1. The number of Topliss-reactive ketones (excluding diaryl/α,β-unsaturated/α-hetero) is 1. The van der Waals surface area contributed by atoms with E-state index in [4.69, 9.17) is 11.6 Å². The first kappa shape index (κ1) is 21.3. The van der Waals surface area contributed by atoms with Gasteiger partial charge in [-0.1, -0.05) is 23.7 Å². The van der Waals surface area contributed by atoms with Gasteiger partial charge in [0.05, 0.1) is 6.67 Å². The normalized spacial score (nSPS) is 22.0. The van der Waals surface area contributed by atoms with Crippen LogP contribution in [0, 0.1) is 0 Å². The number of ketones is 1. The highest BCUT2D eigenvalue weighted by molar-refractivity contribution is 6.30. The summed E-state index contributed by atoms with van der Waals surface area (Å²) in [7, 11) is 0. The number of benzene rings is 2. The molecule has 3 amide bonds. The van der Waals surface area contributed by atoms with Crippen LogP contribution in [0.3, 0.4) is 0 Å². The summed E-state index contributed by atoms with van der Waals surface area (Å²) in [5, 5.41) is 3.41. The molecule has 2 saturated heterocycles. The second-order valence-electron chi connectivity index (χ2n) is 8.14. The second kappa shape index (κ2) is 8.32. The molecule has 4 rings (SSSR count). The number of carbonyl (C=O) groups is 3. The SMILES string of the molecule is CC(=O)c1ccc(N2CCN(CN3C(=O)N[C@](C)(c4ccc(Cl)cc4)C3=O)CC2)cc1. The van der Waals surface area contributed by atoms with Crippen LogP contribution in [0.2, 0.25) is 5.02 Å². The molecule has 2 aliphatic rings. The third-order valence-electron chi connectivity index (χ3n) is 6.05. The van der Waals surface area contributed by atoms with Crippen molar-refractivity contribution in [3.05, 3.63) is 64.7 Å². The first-order valence-electron chi connectivity index (χ1n) is 10.3. The lowest BCUT2D eigenvalue weighted by Crippen LogP contribution is -2.51. The number of imide groups is 1. The Labute approximate surface area is 186 Å². The minimum absolute atomic E-state index is 0.0514. The third kappa shape index (κ3) is 4.16. The number of anilines is 1. The van der Waals surface area contributed by atoms with Gasteiger partial charge in [0.25, 0.3) is 5.91 Å². The molecular formula is C23H25ClN4O3. The molecule has 2 fully saturated rings. The molecule has 31 heavy (non-hydrogen) atoms. The third-order valence-corrected chi connectivity index (χ3v) is 6.30. The fourth-order valence-corrected chi connectivity index (χ4v) is 4.18. The van der Waals surface area contributed by atoms with Crippen LogP contribution in [0.5, 0.6) is 0 Å². The fraction of sp³-hybridized carbons (Fsp3) is 0.348. The maximum atomic E-state index is 13.1. The standard InChI is InChI=1S/C23H25ClN4O3/c1-16(29)17-3-9-20(10-4-17)27-13-11-26(12-14-27)15-28-21(30)23(2,25-22(28)31)18-5-7-19(24)8-6-18/h3-10H,11-15H2,1-2H3,(H,25,31)/t23-/m1/s1. The average molecular weight is 441 g/mol. The van der Waals surface area contributed by atoms with Gasteiger partial charge in [-0.05, 0) is 55.8 Å². The summed E-state index contributed by atoms with van der Waals surface area (Å²) in [5.74, 6) is -0.211. The van der Waals surface area contributed by atoms with Crippen LogP contribution in [-0.2, 0) is 10.3 Å². The molecule has 0 aromatic heterocycles. The molecule has 162 valence electrons. The van der Waals surface area contributed by atoms with Gasteiger partial charge in [-0.25, -0.2) is 9.69 Å². The van der Waals surface area contributed by atoms with E-state index in [0.717, 1.165) is 31.9 Å². The zero-order chi connectivity index (χ0) is 22.2. The lowest BCUT2D eigenvalue weighted by molar-refractivity contribution is -0.132. The topological polar surface area (TPSA) is 73.0 Å². The minimum atomic E-state index is -1.10. The molecule has 1 atom stereocenters. The maximum Gasteiger partial charge on any atom is 0.326 e. The van der Waals surface area contributed by atoms with Crippen molar-refractivity contribution >= 4 is 35.0 Å². The number of hydrogen-bond donors (Lipinski definition) is 1. The lowest BCUT2D eigenvalue weighted by atomic mass is 9.92. The maximum absolute atomic E-state index is 13.1. The van der Waals surface area contributed by atoms with E-state index < -0.39 is 5.54 Å². The van der Waals surface area contributed by atoms with Crippen LogP contribution in [0.15, 0.2) is 48.5 Å². The number of nitrogens with one attached hydrogen (secondary N) is 1. The Morgan fingerprint density at radius 3 is 2.19 bits per heavy atom. The molecule has 2 aromatic carbocycles. The van der Waals surface area contributed by atoms with E-state index in [9.17, 15) is 14.4 Å². The van der Waals surface area contributed by atoms with Gasteiger partial charge in [0.2, 0.25) is 0 Å². The van der Waals surface area contributed by atoms with E-state index in [0.29, 0.717) is 16.1 Å². The van der Waals surface area contributed by atoms with Crippen LogP contribution in [0.25, 0.3) is 0 Å². The van der Waals surface area contributed by atoms with Gasteiger partial charge >= 0.3 is 6.03 Å². The van der Waals surface area contributed by atoms with Gasteiger partial charge in [0.1, 0.15) is 5.54 Å². The van der Waals surface area contributed by atoms with Gasteiger partial charge in [-0.3, -0.25) is 14.5 Å². The number of halogens is 1. The van der Waals surface area contributed by atoms with Gasteiger partial charge in [-0.2, -0.15) is 0 Å². The molecule has 7 nitrogen and oxygen atoms in total. The Balaban J connectivity index is 1.38. The predicted molar refractivity (Wildman–Crippen MR) is 119 cm³/mol. The van der Waals surface area contributed by atoms with Crippen LogP contribution < -0.4 is 10.2 Å². The van der Waals surface area contributed by atoms with Crippen molar-refractivity contribution in [2.75, 3.05) is 37.7 Å². The molecular weight excluding hydrogens is 416 g/mol. The largest absolute Gasteiger partial charge is 0.369 e. The molecule has 2 heterocycles. The van der Waals surface area contributed by atoms with E-state index in [1.807, 2.05) is 24.3 Å². The quantitative estimate of drug-likeness (QED) is 0.571. The van der Waals surface area contributed by atoms with Crippen LogP contribution in [0.4, 0.5) is 10.5 Å². The van der Waals surface area contributed by atoms with Gasteiger partial charge in [0, 0.05) is 42.5 Å². The molecule has 8 heteroatoms. The summed E-state index contributed by atoms with van der Waals surface area (Å²) in [4.78, 5) is 42.8. The van der Waals surface area contributed by atoms with Crippen LogP contribution >= 0.6 is 11.6 Å². The van der Waals surface area contributed by atoms with Crippen LogP contribution in [0.1, 0.15) is 29.8 Å². The van der Waals surface area contributed by atoms with Crippen molar-refractivity contribution in [2.45, 2.75) is 19.4 Å². The Morgan fingerprint density at radius 1 is 1.00 bits per heavy atom. The molecule has 0 unspecified atom stereocenters. The molecule has 0 saturated carbocycles. The van der Waals surface area contributed by atoms with Gasteiger partial charge in [0.15, 0.2) is 5.78 Å². The predicted octanol–water partition coefficient (Wildman–Crippen LogP) is 3.09. The molecule has 0 bridgehead atoms. The van der Waals surface area contributed by atoms with Crippen molar-refractivity contribution in [3.8, 4) is 0 Å². The average Bonchev–Trinajstić information content (AvgIpc) is 2.98. The summed E-state index contributed by atoms with van der Waals surface area (Å²) in [5.41, 5.74) is 1.37. The number of piperazine rings is 1. The summed E-state index contributed by atoms with van der Waals surface area (Å²) < 4.78 is 0. The summed E-state index contributed by atoms with van der Waals surface area (Å²) in [6, 6.07) is 14.2. The number of hydrogen-bond acceptors (Lipinski definition) is 5. The minimum Gasteiger partial charge on any atom is -0.369 e. The summed E-state index contributed by atoms with van der Waals surface area (Å²) >= 11 is 5.96. The van der Waals surface area contributed by atoms with Crippen molar-refractivity contribution in [1.29, 1.82) is 0 Å². The van der Waals surface area contributed by atoms with E-state index in [-0.39, 0.29) is 24.4 Å². The van der Waals surface area contributed by atoms with Gasteiger partial charge in [-0.15, -0.1) is 0 Å². The van der Waals surface area contributed by atoms with Crippen molar-refractivity contribution < 1.29 is 14.4 Å². The molecule has 2 aliphatic heterocycles. The number of carbonyl (C=O) groups excluding carboxylic acids is 3. The van der Waals surface area contributed by atoms with E-state index in [1.165, 1.54) is 4.90 Å². The highest BCUT2D eigenvalue weighted by Crippen LogP contribution is 2.30. The Morgan fingerprint density at radius 2 is 1.61 bits per heavy atom. The first-order chi connectivity index (χ1) is 14.8. The van der Waals surface area contributed by atoms with Crippen LogP contribution in [-0.4, -0.2) is 60.4 Å². The zero-order valence-electron chi connectivity index (χ0n) is 17.6. The fourth-order valence-electron chi connectivity index (χ4n) is 4.06. The summed E-state index contributed by atoms with van der Waals surface area (Å²) in [6.07, 6.45) is 0. The zero-order valence-corrected chi connectivity index (χ0v) is 18.4. The smallest absolute Gasteiger partial charge is 0.326 e. The number of amides is 3. The number of rotatable bonds is 5. The van der Waals surface area contributed by atoms with Gasteiger partial charge < -0.3 is 10.2 Å². The molecule has 0 spiro atoms. The van der Waals surface area contributed by atoms with E-state index in [1.54, 1.807) is 38.1 Å². The van der Waals surface area contributed by atoms with Crippen molar-refractivity contribution in [3.63, 3.8) is 0 Å². The molecule has 2 aromatic rings. The molecule has 0 radical (unpaired) electrons. The highest BCUT2D eigenvalue weighted by atomic mass is 35.5. The summed E-state index contributed by atoms with van der Waals surface area (Å²) in [6.45, 7) is 6.53. The molecule has 1 N–H and O–H groups in total. The lowest BCUT2D eigenvalue weighted by Gasteiger charge is -2.37. The Hall–Kier alpha value is -2.90. The monoisotopic (exact) mass is 440 g/mol. The van der Waals surface area contributed by atoms with E-state index in [2.05, 4.69) is 15.1 Å². The van der Waals surface area contributed by atoms with E-state index >= 15 is 0 Å². The number of nitrogens with zero attached hydrogens (tertiary/aromatic N) is 3. The Kier molecular flexibility index (Phi) is 5.73. The Bertz CT molecular complexity index is 1000. The van der Waals surface area contributed by atoms with Crippen molar-refractivity contribution in [2.24, 2.45) is 0 Å². The molecule has 0 aliphatic carbocycles. The second-order valence-corrected chi connectivity index (χ2v) is 8.58. The van der Waals surface area contributed by atoms with Crippen molar-refractivity contribution in [1.82, 2.24) is 15.1 Å². The highest BCUT2D eigenvalue weighted by Gasteiger charge is 2.49. The first-order valence-corrected chi connectivity index (χ1v) is 10.6.